The van der Waals surface area contributed by atoms with E-state index in [1.807, 2.05) is 38.1 Å². The minimum absolute atomic E-state index is 0.203. The molecule has 0 bridgehead atoms. The van der Waals surface area contributed by atoms with Gasteiger partial charge in [-0.2, -0.15) is 0 Å². The maximum atomic E-state index is 10.5. The molecule has 1 aromatic rings. The molecule has 1 N–H and O–H groups in total. The van der Waals surface area contributed by atoms with E-state index in [-0.39, 0.29) is 5.92 Å². The van der Waals surface area contributed by atoms with Crippen LogP contribution in [0.2, 0.25) is 0 Å². The smallest absolute Gasteiger partial charge is 0.124 e. The van der Waals surface area contributed by atoms with Crippen molar-refractivity contribution >= 4 is 0 Å². The summed E-state index contributed by atoms with van der Waals surface area (Å²) < 4.78 is 5.27. The number of benzene rings is 1. The summed E-state index contributed by atoms with van der Waals surface area (Å²) in [6.45, 7) is 5.97. The SMILES string of the molecule is CCC(C)C(C)(O)c1ccccc1OC. The molecule has 0 aromatic heterocycles. The Kier molecular flexibility index (Phi) is 3.75. The molecule has 0 aliphatic rings. The largest absolute Gasteiger partial charge is 0.496 e. The molecular weight excluding hydrogens is 188 g/mol. The summed E-state index contributed by atoms with van der Waals surface area (Å²) in [5, 5.41) is 10.5. The maximum absolute atomic E-state index is 10.5. The quantitative estimate of drug-likeness (QED) is 0.824. The summed E-state index contributed by atoms with van der Waals surface area (Å²) in [6, 6.07) is 7.64. The van der Waals surface area contributed by atoms with Crippen LogP contribution in [0.25, 0.3) is 0 Å². The van der Waals surface area contributed by atoms with Crippen molar-refractivity contribution in [2.75, 3.05) is 7.11 Å². The van der Waals surface area contributed by atoms with Gasteiger partial charge < -0.3 is 9.84 Å². The Hall–Kier alpha value is -1.02. The van der Waals surface area contributed by atoms with Gasteiger partial charge >= 0.3 is 0 Å². The Morgan fingerprint density at radius 1 is 1.40 bits per heavy atom. The first-order chi connectivity index (χ1) is 7.04. The zero-order valence-corrected chi connectivity index (χ0v) is 9.95. The van der Waals surface area contributed by atoms with Crippen molar-refractivity contribution in [2.45, 2.75) is 32.8 Å². The second kappa shape index (κ2) is 4.67. The van der Waals surface area contributed by atoms with Crippen LogP contribution in [0, 0.1) is 5.92 Å². The van der Waals surface area contributed by atoms with Gasteiger partial charge in [0, 0.05) is 5.56 Å². The van der Waals surface area contributed by atoms with E-state index in [1.54, 1.807) is 7.11 Å². The van der Waals surface area contributed by atoms with Gasteiger partial charge in [0.1, 0.15) is 5.75 Å². The third-order valence-electron chi connectivity index (χ3n) is 3.22. The van der Waals surface area contributed by atoms with Crippen LogP contribution in [0.5, 0.6) is 5.75 Å². The van der Waals surface area contributed by atoms with Gasteiger partial charge in [-0.3, -0.25) is 0 Å². The number of hydrogen-bond donors (Lipinski definition) is 1. The van der Waals surface area contributed by atoms with Gasteiger partial charge in [-0.1, -0.05) is 38.5 Å². The molecule has 0 aliphatic carbocycles. The van der Waals surface area contributed by atoms with E-state index in [0.717, 1.165) is 17.7 Å². The lowest BCUT2D eigenvalue weighted by molar-refractivity contribution is -0.00195. The van der Waals surface area contributed by atoms with Crippen molar-refractivity contribution in [1.29, 1.82) is 0 Å². The first kappa shape index (κ1) is 12.1. The van der Waals surface area contributed by atoms with E-state index >= 15 is 0 Å². The number of para-hydroxylation sites is 1. The van der Waals surface area contributed by atoms with E-state index in [0.29, 0.717) is 0 Å². The number of aliphatic hydroxyl groups is 1. The second-order valence-electron chi connectivity index (χ2n) is 4.16. The van der Waals surface area contributed by atoms with Crippen LogP contribution in [0.3, 0.4) is 0 Å². The summed E-state index contributed by atoms with van der Waals surface area (Å²) in [5.74, 6) is 0.955. The average Bonchev–Trinajstić information content (AvgIpc) is 2.27. The van der Waals surface area contributed by atoms with Crippen molar-refractivity contribution in [3.05, 3.63) is 29.8 Å². The van der Waals surface area contributed by atoms with Crippen LogP contribution in [0.4, 0.5) is 0 Å². The Labute approximate surface area is 91.9 Å². The number of methoxy groups -OCH3 is 1. The Bertz CT molecular complexity index is 318. The van der Waals surface area contributed by atoms with Crippen molar-refractivity contribution in [1.82, 2.24) is 0 Å². The zero-order chi connectivity index (χ0) is 11.5. The summed E-state index contributed by atoms with van der Waals surface area (Å²) in [7, 11) is 1.63. The van der Waals surface area contributed by atoms with Gasteiger partial charge in [0.15, 0.2) is 0 Å². The standard InChI is InChI=1S/C13H20O2/c1-5-10(2)13(3,14)11-8-6-7-9-12(11)15-4/h6-10,14H,5H2,1-4H3. The minimum Gasteiger partial charge on any atom is -0.496 e. The van der Waals surface area contributed by atoms with Crippen LogP contribution < -0.4 is 4.74 Å². The van der Waals surface area contributed by atoms with E-state index in [2.05, 4.69) is 6.92 Å². The highest BCUT2D eigenvalue weighted by Crippen LogP contribution is 2.36. The fraction of sp³-hybridized carbons (Fsp3) is 0.538. The van der Waals surface area contributed by atoms with Crippen molar-refractivity contribution in [2.24, 2.45) is 5.92 Å². The van der Waals surface area contributed by atoms with E-state index in [9.17, 15) is 5.11 Å². The number of ether oxygens (including phenoxy) is 1. The molecule has 0 radical (unpaired) electrons. The zero-order valence-electron chi connectivity index (χ0n) is 9.95. The molecule has 2 nitrogen and oxygen atoms in total. The predicted octanol–water partition coefficient (Wildman–Crippen LogP) is 2.95. The second-order valence-corrected chi connectivity index (χ2v) is 4.16. The molecule has 0 saturated heterocycles. The third-order valence-corrected chi connectivity index (χ3v) is 3.22. The van der Waals surface area contributed by atoms with Crippen LogP contribution in [0.15, 0.2) is 24.3 Å². The third kappa shape index (κ3) is 2.32. The molecule has 15 heavy (non-hydrogen) atoms. The van der Waals surface area contributed by atoms with E-state index < -0.39 is 5.60 Å². The topological polar surface area (TPSA) is 29.5 Å². The van der Waals surface area contributed by atoms with Crippen molar-refractivity contribution in [3.8, 4) is 5.75 Å². The fourth-order valence-electron chi connectivity index (χ4n) is 1.73. The van der Waals surface area contributed by atoms with Gasteiger partial charge in [0.25, 0.3) is 0 Å². The highest BCUT2D eigenvalue weighted by atomic mass is 16.5. The molecule has 0 saturated carbocycles. The van der Waals surface area contributed by atoms with Crippen molar-refractivity contribution in [3.63, 3.8) is 0 Å². The van der Waals surface area contributed by atoms with Crippen LogP contribution in [-0.2, 0) is 5.60 Å². The van der Waals surface area contributed by atoms with Crippen LogP contribution >= 0.6 is 0 Å². The van der Waals surface area contributed by atoms with Gasteiger partial charge in [0.2, 0.25) is 0 Å². The first-order valence-corrected chi connectivity index (χ1v) is 5.39. The summed E-state index contributed by atoms with van der Waals surface area (Å²) >= 11 is 0. The Balaban J connectivity index is 3.13. The molecule has 0 fully saturated rings. The maximum Gasteiger partial charge on any atom is 0.124 e. The molecule has 1 aromatic carbocycles. The van der Waals surface area contributed by atoms with E-state index in [1.165, 1.54) is 0 Å². The van der Waals surface area contributed by atoms with Crippen LogP contribution in [-0.4, -0.2) is 12.2 Å². The molecule has 2 atom stereocenters. The lowest BCUT2D eigenvalue weighted by atomic mass is 9.82. The molecule has 0 spiro atoms. The number of hydrogen-bond acceptors (Lipinski definition) is 2. The highest BCUT2D eigenvalue weighted by Gasteiger charge is 2.31. The number of rotatable bonds is 4. The first-order valence-electron chi connectivity index (χ1n) is 5.39. The summed E-state index contributed by atoms with van der Waals surface area (Å²) in [4.78, 5) is 0. The summed E-state index contributed by atoms with van der Waals surface area (Å²) in [5.41, 5.74) is 0.0308. The van der Waals surface area contributed by atoms with E-state index in [4.69, 9.17) is 4.74 Å². The van der Waals surface area contributed by atoms with Gasteiger partial charge in [-0.15, -0.1) is 0 Å². The molecule has 1 rings (SSSR count). The lowest BCUT2D eigenvalue weighted by Gasteiger charge is -2.31. The lowest BCUT2D eigenvalue weighted by Crippen LogP contribution is -2.29. The van der Waals surface area contributed by atoms with Gasteiger partial charge in [-0.05, 0) is 18.9 Å². The molecule has 2 heteroatoms. The molecular formula is C13H20O2. The highest BCUT2D eigenvalue weighted by molar-refractivity contribution is 5.37. The fourth-order valence-corrected chi connectivity index (χ4v) is 1.73. The van der Waals surface area contributed by atoms with Crippen molar-refractivity contribution < 1.29 is 9.84 Å². The van der Waals surface area contributed by atoms with Crippen LogP contribution in [0.1, 0.15) is 32.8 Å². The van der Waals surface area contributed by atoms with Gasteiger partial charge in [-0.25, -0.2) is 0 Å². The molecule has 84 valence electrons. The average molecular weight is 208 g/mol. The predicted molar refractivity (Wildman–Crippen MR) is 62.0 cm³/mol. The Morgan fingerprint density at radius 3 is 2.53 bits per heavy atom. The molecule has 0 amide bonds. The van der Waals surface area contributed by atoms with Gasteiger partial charge in [0.05, 0.1) is 12.7 Å². The minimum atomic E-state index is -0.832. The molecule has 0 heterocycles. The normalized spacial score (nSPS) is 16.9. The summed E-state index contributed by atoms with van der Waals surface area (Å²) in [6.07, 6.45) is 0.936. The monoisotopic (exact) mass is 208 g/mol. The molecule has 2 unspecified atom stereocenters. The Morgan fingerprint density at radius 2 is 2.00 bits per heavy atom. The molecule has 0 aliphatic heterocycles.